The first-order valence-electron chi connectivity index (χ1n) is 21.7. The summed E-state index contributed by atoms with van der Waals surface area (Å²) < 4.78 is 0. The van der Waals surface area contributed by atoms with E-state index in [1.54, 1.807) is 0 Å². The molecule has 0 spiro atoms. The van der Waals surface area contributed by atoms with E-state index in [2.05, 4.69) is 266 Å². The molecular formula is C62H43N. The van der Waals surface area contributed by atoms with Crippen LogP contribution in [-0.4, -0.2) is 0 Å². The number of rotatable bonds is 9. The van der Waals surface area contributed by atoms with E-state index in [-0.39, 0.29) is 0 Å². The van der Waals surface area contributed by atoms with Crippen LogP contribution in [-0.2, 0) is 0 Å². The number of fused-ring (bicyclic) bond motifs is 2. The average Bonchev–Trinajstić information content (AvgIpc) is 3.37. The highest BCUT2D eigenvalue weighted by atomic mass is 15.1. The standard InChI is InChI=1S/C62H43N/c1-2-18-44(19-3-1)55-30-8-10-32-59(55)61-34-12-13-35-62(61)60-33-11-9-31-56(60)47-38-40-50(41-39-47)63(51-26-14-24-48(42-51)57-36-16-22-45-20-4-6-28-53(45)57)52-27-15-25-49(43-52)58-37-17-23-46-21-5-7-29-54(46)58/h1-43H. The highest BCUT2D eigenvalue weighted by molar-refractivity contribution is 6.00. The first kappa shape index (κ1) is 37.7. The molecular weight excluding hydrogens is 759 g/mol. The molecule has 63 heavy (non-hydrogen) atoms. The van der Waals surface area contributed by atoms with Gasteiger partial charge < -0.3 is 4.90 Å². The summed E-state index contributed by atoms with van der Waals surface area (Å²) in [5.41, 5.74) is 17.7. The quantitative estimate of drug-likeness (QED) is 0.141. The van der Waals surface area contributed by atoms with E-state index in [0.717, 1.165) is 22.6 Å². The SMILES string of the molecule is c1ccc(-c2ccccc2-c2ccccc2-c2ccccc2-c2ccc(N(c3cccc(-c4cccc5ccccc45)c3)c3cccc(-c4cccc5ccccc45)c3)cc2)cc1. The van der Waals surface area contributed by atoms with Crippen LogP contribution < -0.4 is 4.90 Å². The monoisotopic (exact) mass is 801 g/mol. The zero-order valence-corrected chi connectivity index (χ0v) is 34.8. The lowest BCUT2D eigenvalue weighted by Gasteiger charge is -2.27. The normalized spacial score (nSPS) is 11.2. The maximum Gasteiger partial charge on any atom is 0.0467 e. The second kappa shape index (κ2) is 16.7. The van der Waals surface area contributed by atoms with E-state index in [9.17, 15) is 0 Å². The van der Waals surface area contributed by atoms with Crippen molar-refractivity contribution in [1.29, 1.82) is 0 Å². The van der Waals surface area contributed by atoms with Gasteiger partial charge >= 0.3 is 0 Å². The third-order valence-corrected chi connectivity index (χ3v) is 12.3. The van der Waals surface area contributed by atoms with Gasteiger partial charge in [0.25, 0.3) is 0 Å². The van der Waals surface area contributed by atoms with E-state index >= 15 is 0 Å². The molecule has 0 fully saturated rings. The van der Waals surface area contributed by atoms with Crippen LogP contribution in [0.1, 0.15) is 0 Å². The van der Waals surface area contributed by atoms with Crippen molar-refractivity contribution in [3.8, 4) is 66.8 Å². The molecule has 0 aliphatic rings. The Labute approximate surface area is 369 Å². The van der Waals surface area contributed by atoms with Gasteiger partial charge in [0.1, 0.15) is 0 Å². The molecule has 0 atom stereocenters. The molecule has 0 bridgehead atoms. The zero-order valence-electron chi connectivity index (χ0n) is 34.8. The lowest BCUT2D eigenvalue weighted by atomic mass is 9.87. The summed E-state index contributed by atoms with van der Waals surface area (Å²) in [5, 5.41) is 4.96. The highest BCUT2D eigenvalue weighted by Crippen LogP contribution is 2.44. The summed E-state index contributed by atoms with van der Waals surface area (Å²) in [4.78, 5) is 2.40. The fraction of sp³-hybridized carbons (Fsp3) is 0. The highest BCUT2D eigenvalue weighted by Gasteiger charge is 2.18. The van der Waals surface area contributed by atoms with Crippen LogP contribution in [0.3, 0.4) is 0 Å². The lowest BCUT2D eigenvalue weighted by molar-refractivity contribution is 1.28. The Morgan fingerprint density at radius 3 is 1.02 bits per heavy atom. The Hall–Kier alpha value is -8.26. The largest absolute Gasteiger partial charge is 0.310 e. The molecule has 0 amide bonds. The molecule has 0 N–H and O–H groups in total. The van der Waals surface area contributed by atoms with Crippen molar-refractivity contribution in [2.24, 2.45) is 0 Å². The van der Waals surface area contributed by atoms with Gasteiger partial charge in [0, 0.05) is 17.1 Å². The molecule has 0 heterocycles. The average molecular weight is 802 g/mol. The van der Waals surface area contributed by atoms with Crippen molar-refractivity contribution < 1.29 is 0 Å². The number of hydrogen-bond donors (Lipinski definition) is 0. The Balaban J connectivity index is 1.03. The summed E-state index contributed by atoms with van der Waals surface area (Å²) in [7, 11) is 0. The second-order valence-corrected chi connectivity index (χ2v) is 16.0. The molecule has 0 aliphatic carbocycles. The third kappa shape index (κ3) is 7.26. The zero-order chi connectivity index (χ0) is 42.0. The van der Waals surface area contributed by atoms with E-state index in [0.29, 0.717) is 0 Å². The van der Waals surface area contributed by atoms with Crippen molar-refractivity contribution in [3.63, 3.8) is 0 Å². The fourth-order valence-electron chi connectivity index (χ4n) is 9.33. The summed E-state index contributed by atoms with van der Waals surface area (Å²) in [6, 6.07) is 94.6. The predicted octanol–water partition coefficient (Wildman–Crippen LogP) is 17.5. The molecule has 1 heteroatoms. The molecule has 0 unspecified atom stereocenters. The first-order chi connectivity index (χ1) is 31.3. The Kier molecular flexibility index (Phi) is 9.97. The van der Waals surface area contributed by atoms with Crippen molar-refractivity contribution in [3.05, 3.63) is 261 Å². The molecule has 11 aromatic carbocycles. The third-order valence-electron chi connectivity index (χ3n) is 12.3. The van der Waals surface area contributed by atoms with Gasteiger partial charge in [-0.15, -0.1) is 0 Å². The summed E-state index contributed by atoms with van der Waals surface area (Å²) in [6.45, 7) is 0. The van der Waals surface area contributed by atoms with Crippen LogP contribution in [0.4, 0.5) is 17.1 Å². The van der Waals surface area contributed by atoms with Crippen LogP contribution in [0.15, 0.2) is 261 Å². The van der Waals surface area contributed by atoms with Crippen LogP contribution >= 0.6 is 0 Å². The number of anilines is 3. The van der Waals surface area contributed by atoms with Crippen molar-refractivity contribution in [2.45, 2.75) is 0 Å². The van der Waals surface area contributed by atoms with Crippen LogP contribution in [0.2, 0.25) is 0 Å². The van der Waals surface area contributed by atoms with Crippen molar-refractivity contribution >= 4 is 38.6 Å². The maximum atomic E-state index is 2.40. The number of benzene rings is 11. The van der Waals surface area contributed by atoms with E-state index < -0.39 is 0 Å². The predicted molar refractivity (Wildman–Crippen MR) is 269 cm³/mol. The Morgan fingerprint density at radius 2 is 0.524 bits per heavy atom. The van der Waals surface area contributed by atoms with Gasteiger partial charge in [-0.25, -0.2) is 0 Å². The smallest absolute Gasteiger partial charge is 0.0467 e. The summed E-state index contributed by atoms with van der Waals surface area (Å²) in [6.07, 6.45) is 0. The number of hydrogen-bond acceptors (Lipinski definition) is 1. The minimum Gasteiger partial charge on any atom is -0.310 e. The summed E-state index contributed by atoms with van der Waals surface area (Å²) in [5.74, 6) is 0. The topological polar surface area (TPSA) is 3.24 Å². The van der Waals surface area contributed by atoms with Crippen LogP contribution in [0.5, 0.6) is 0 Å². The molecule has 0 saturated heterocycles. The van der Waals surface area contributed by atoms with E-state index in [4.69, 9.17) is 0 Å². The van der Waals surface area contributed by atoms with Gasteiger partial charge in [0.05, 0.1) is 0 Å². The Morgan fingerprint density at radius 1 is 0.190 bits per heavy atom. The fourth-order valence-corrected chi connectivity index (χ4v) is 9.33. The molecule has 0 aromatic heterocycles. The van der Waals surface area contributed by atoms with Crippen molar-refractivity contribution in [1.82, 2.24) is 0 Å². The molecule has 0 saturated carbocycles. The second-order valence-electron chi connectivity index (χ2n) is 16.0. The van der Waals surface area contributed by atoms with Gasteiger partial charge in [-0.05, 0) is 125 Å². The minimum atomic E-state index is 1.08. The van der Waals surface area contributed by atoms with E-state index in [1.165, 1.54) is 82.7 Å². The van der Waals surface area contributed by atoms with Gasteiger partial charge in [0.15, 0.2) is 0 Å². The van der Waals surface area contributed by atoms with Gasteiger partial charge in [-0.1, -0.05) is 224 Å². The van der Waals surface area contributed by atoms with Gasteiger partial charge in [-0.2, -0.15) is 0 Å². The van der Waals surface area contributed by atoms with E-state index in [1.807, 2.05) is 0 Å². The molecule has 11 aromatic rings. The maximum absolute atomic E-state index is 2.40. The lowest BCUT2D eigenvalue weighted by Crippen LogP contribution is -2.10. The van der Waals surface area contributed by atoms with Gasteiger partial charge in [0.2, 0.25) is 0 Å². The van der Waals surface area contributed by atoms with Crippen LogP contribution in [0, 0.1) is 0 Å². The summed E-state index contributed by atoms with van der Waals surface area (Å²) >= 11 is 0. The first-order valence-corrected chi connectivity index (χ1v) is 21.7. The van der Waals surface area contributed by atoms with Gasteiger partial charge in [-0.3, -0.25) is 0 Å². The minimum absolute atomic E-state index is 1.08. The molecule has 0 radical (unpaired) electrons. The molecule has 11 rings (SSSR count). The van der Waals surface area contributed by atoms with Crippen molar-refractivity contribution in [2.75, 3.05) is 4.90 Å². The molecule has 296 valence electrons. The van der Waals surface area contributed by atoms with Crippen LogP contribution in [0.25, 0.3) is 88.3 Å². The molecule has 0 aliphatic heterocycles. The Bertz CT molecular complexity index is 3270. The molecule has 1 nitrogen and oxygen atoms in total. The number of nitrogens with zero attached hydrogens (tertiary/aromatic N) is 1.